The zero-order valence-corrected chi connectivity index (χ0v) is 10.1. The minimum absolute atomic E-state index is 0.0437. The second-order valence-electron chi connectivity index (χ2n) is 3.69. The average molecular weight is 240 g/mol. The third-order valence-corrected chi connectivity index (χ3v) is 1.95. The Labute approximate surface area is 99.8 Å². The molecule has 0 aromatic heterocycles. The van der Waals surface area contributed by atoms with E-state index < -0.39 is 5.82 Å². The molecule has 0 radical (unpaired) electrons. The first-order chi connectivity index (χ1) is 8.06. The second kappa shape index (κ2) is 6.05. The van der Waals surface area contributed by atoms with Crippen LogP contribution in [0.2, 0.25) is 0 Å². The molecule has 5 nitrogen and oxygen atoms in total. The van der Waals surface area contributed by atoms with E-state index in [4.69, 9.17) is 10.6 Å². The molecule has 0 unspecified atom stereocenters. The van der Waals surface area contributed by atoms with Crippen molar-refractivity contribution in [1.82, 2.24) is 5.43 Å². The predicted molar refractivity (Wildman–Crippen MR) is 66.5 cm³/mol. The minimum atomic E-state index is -0.405. The van der Waals surface area contributed by atoms with Crippen LogP contribution in [-0.2, 0) is 0 Å². The summed E-state index contributed by atoms with van der Waals surface area (Å²) in [5.74, 6) is 5.74. The summed E-state index contributed by atoms with van der Waals surface area (Å²) in [5, 5.41) is 2.76. The maximum Gasteiger partial charge on any atom is 0.210 e. The third kappa shape index (κ3) is 3.92. The van der Waals surface area contributed by atoms with Gasteiger partial charge in [-0.1, -0.05) is 0 Å². The summed E-state index contributed by atoms with van der Waals surface area (Å²) in [6.45, 7) is 3.78. The number of methoxy groups -OCH3 is 1. The number of benzene rings is 1. The Morgan fingerprint density at radius 3 is 2.71 bits per heavy atom. The highest BCUT2D eigenvalue weighted by atomic mass is 19.1. The van der Waals surface area contributed by atoms with E-state index >= 15 is 0 Å². The van der Waals surface area contributed by atoms with Crippen LogP contribution in [0.1, 0.15) is 13.8 Å². The van der Waals surface area contributed by atoms with Crippen LogP contribution in [0.15, 0.2) is 23.2 Å². The molecule has 0 aliphatic carbocycles. The van der Waals surface area contributed by atoms with E-state index in [9.17, 15) is 4.39 Å². The maximum atomic E-state index is 13.5. The second-order valence-corrected chi connectivity index (χ2v) is 3.69. The molecule has 0 aliphatic rings. The summed E-state index contributed by atoms with van der Waals surface area (Å²) < 4.78 is 18.5. The molecule has 0 saturated carbocycles. The number of nitrogens with one attached hydrogen (secondary N) is 2. The van der Waals surface area contributed by atoms with E-state index in [2.05, 4.69) is 15.7 Å². The van der Waals surface area contributed by atoms with Crippen molar-refractivity contribution in [2.75, 3.05) is 12.4 Å². The van der Waals surface area contributed by atoms with Gasteiger partial charge in [0, 0.05) is 12.1 Å². The first-order valence-electron chi connectivity index (χ1n) is 5.21. The van der Waals surface area contributed by atoms with E-state index in [-0.39, 0.29) is 11.7 Å². The summed E-state index contributed by atoms with van der Waals surface area (Å²) >= 11 is 0. The Kier molecular flexibility index (Phi) is 4.71. The van der Waals surface area contributed by atoms with Gasteiger partial charge in [0.25, 0.3) is 0 Å². The average Bonchev–Trinajstić information content (AvgIpc) is 2.30. The number of nitrogens with zero attached hydrogens (tertiary/aromatic N) is 1. The predicted octanol–water partition coefficient (Wildman–Crippen LogP) is 1.47. The Morgan fingerprint density at radius 1 is 1.47 bits per heavy atom. The summed E-state index contributed by atoms with van der Waals surface area (Å²) in [6, 6.07) is 4.42. The highest BCUT2D eigenvalue weighted by Gasteiger charge is 2.06. The fourth-order valence-corrected chi connectivity index (χ4v) is 1.22. The standard InChI is InChI=1S/C11H17FN4O/c1-7(2)14-11(16-13)15-10-6-8(17-3)4-5-9(10)12/h4-7H,13H2,1-3H3,(H2,14,15,16). The number of hydrazine groups is 1. The fourth-order valence-electron chi connectivity index (χ4n) is 1.22. The van der Waals surface area contributed by atoms with Gasteiger partial charge in [-0.3, -0.25) is 5.43 Å². The lowest BCUT2D eigenvalue weighted by atomic mass is 10.3. The molecule has 1 rings (SSSR count). The lowest BCUT2D eigenvalue weighted by molar-refractivity contribution is 0.414. The van der Waals surface area contributed by atoms with Crippen LogP contribution in [0, 0.1) is 5.82 Å². The van der Waals surface area contributed by atoms with Crippen LogP contribution >= 0.6 is 0 Å². The van der Waals surface area contributed by atoms with Gasteiger partial charge in [-0.15, -0.1) is 0 Å². The summed E-state index contributed by atoms with van der Waals surface area (Å²) in [6.07, 6.45) is 0. The molecular weight excluding hydrogens is 223 g/mol. The molecule has 0 fully saturated rings. The zero-order chi connectivity index (χ0) is 12.8. The molecule has 0 bridgehead atoms. The van der Waals surface area contributed by atoms with Gasteiger partial charge in [-0.2, -0.15) is 0 Å². The third-order valence-electron chi connectivity index (χ3n) is 1.95. The number of nitrogens with two attached hydrogens (primary N) is 1. The molecule has 17 heavy (non-hydrogen) atoms. The van der Waals surface area contributed by atoms with Crippen molar-refractivity contribution < 1.29 is 9.13 Å². The number of hydrogen-bond donors (Lipinski definition) is 3. The highest BCUT2D eigenvalue weighted by molar-refractivity contribution is 5.93. The van der Waals surface area contributed by atoms with Gasteiger partial charge in [-0.05, 0) is 26.0 Å². The monoisotopic (exact) mass is 240 g/mol. The first-order valence-corrected chi connectivity index (χ1v) is 5.21. The van der Waals surface area contributed by atoms with Crippen molar-refractivity contribution >= 4 is 11.6 Å². The van der Waals surface area contributed by atoms with Gasteiger partial charge >= 0.3 is 0 Å². The van der Waals surface area contributed by atoms with E-state index in [1.54, 1.807) is 0 Å². The minimum Gasteiger partial charge on any atom is -0.497 e. The Balaban J connectivity index is 2.92. The van der Waals surface area contributed by atoms with Crippen molar-refractivity contribution in [3.8, 4) is 5.75 Å². The quantitative estimate of drug-likeness (QED) is 0.324. The van der Waals surface area contributed by atoms with Gasteiger partial charge in [0.05, 0.1) is 12.8 Å². The van der Waals surface area contributed by atoms with E-state index in [0.717, 1.165) is 0 Å². The van der Waals surface area contributed by atoms with Gasteiger partial charge in [-0.25, -0.2) is 15.2 Å². The Morgan fingerprint density at radius 2 is 2.18 bits per heavy atom. The van der Waals surface area contributed by atoms with Crippen molar-refractivity contribution in [3.63, 3.8) is 0 Å². The number of ether oxygens (including phenoxy) is 1. The molecule has 1 aromatic rings. The van der Waals surface area contributed by atoms with Crippen molar-refractivity contribution in [2.45, 2.75) is 19.9 Å². The highest BCUT2D eigenvalue weighted by Crippen LogP contribution is 2.20. The van der Waals surface area contributed by atoms with Gasteiger partial charge < -0.3 is 10.1 Å². The van der Waals surface area contributed by atoms with E-state index in [1.165, 1.54) is 25.3 Å². The number of rotatable bonds is 3. The van der Waals surface area contributed by atoms with Crippen molar-refractivity contribution in [3.05, 3.63) is 24.0 Å². The normalized spacial score (nSPS) is 11.5. The Bertz CT molecular complexity index is 406. The van der Waals surface area contributed by atoms with Crippen LogP contribution in [0.25, 0.3) is 0 Å². The Hall–Kier alpha value is -1.82. The molecule has 0 amide bonds. The number of halogens is 1. The molecule has 6 heteroatoms. The summed E-state index contributed by atoms with van der Waals surface area (Å²) in [7, 11) is 1.52. The number of guanidine groups is 1. The number of anilines is 1. The van der Waals surface area contributed by atoms with Crippen LogP contribution in [0.3, 0.4) is 0 Å². The fraction of sp³-hybridized carbons (Fsp3) is 0.364. The molecule has 0 heterocycles. The molecular formula is C11H17FN4O. The van der Waals surface area contributed by atoms with Crippen LogP contribution < -0.4 is 21.3 Å². The van der Waals surface area contributed by atoms with Gasteiger partial charge in [0.2, 0.25) is 5.96 Å². The topological polar surface area (TPSA) is 71.7 Å². The van der Waals surface area contributed by atoms with E-state index in [1.807, 2.05) is 13.8 Å². The molecule has 0 aliphatic heterocycles. The maximum absolute atomic E-state index is 13.5. The van der Waals surface area contributed by atoms with Crippen molar-refractivity contribution in [1.29, 1.82) is 0 Å². The summed E-state index contributed by atoms with van der Waals surface area (Å²) in [5.41, 5.74) is 2.63. The van der Waals surface area contributed by atoms with Crippen LogP contribution in [-0.4, -0.2) is 19.1 Å². The van der Waals surface area contributed by atoms with Crippen LogP contribution in [0.4, 0.5) is 10.1 Å². The molecule has 4 N–H and O–H groups in total. The number of hydrogen-bond acceptors (Lipinski definition) is 3. The van der Waals surface area contributed by atoms with Gasteiger partial charge in [0.1, 0.15) is 11.6 Å². The largest absolute Gasteiger partial charge is 0.497 e. The molecule has 0 saturated heterocycles. The van der Waals surface area contributed by atoms with Crippen LogP contribution in [0.5, 0.6) is 5.75 Å². The lowest BCUT2D eigenvalue weighted by Crippen LogP contribution is -2.37. The van der Waals surface area contributed by atoms with Gasteiger partial charge in [0.15, 0.2) is 0 Å². The number of aliphatic imine (C=N–C) groups is 1. The van der Waals surface area contributed by atoms with E-state index in [0.29, 0.717) is 11.7 Å². The zero-order valence-electron chi connectivity index (χ0n) is 10.1. The smallest absolute Gasteiger partial charge is 0.210 e. The van der Waals surface area contributed by atoms with Crippen molar-refractivity contribution in [2.24, 2.45) is 10.8 Å². The summed E-state index contributed by atoms with van der Waals surface area (Å²) in [4.78, 5) is 4.15. The molecule has 94 valence electrons. The first kappa shape index (κ1) is 13.2. The molecule has 0 spiro atoms. The SMILES string of the molecule is COc1ccc(F)c(NC(=NC(C)C)NN)c1. The molecule has 1 aromatic carbocycles. The lowest BCUT2D eigenvalue weighted by Gasteiger charge is -2.12. The molecule has 0 atom stereocenters.